The molecule has 0 bridgehead atoms. The van der Waals surface area contributed by atoms with E-state index in [4.69, 9.17) is 23.7 Å². The molecule has 34 heavy (non-hydrogen) atoms. The minimum absolute atomic E-state index is 0.168. The van der Waals surface area contributed by atoms with E-state index < -0.39 is 0 Å². The molecule has 0 heterocycles. The number of hydrogen-bond donors (Lipinski definition) is 1. The smallest absolute Gasteiger partial charge is 0.277 e. The van der Waals surface area contributed by atoms with E-state index in [1.807, 2.05) is 12.1 Å². The van der Waals surface area contributed by atoms with Crippen molar-refractivity contribution in [2.75, 3.05) is 34.5 Å². The van der Waals surface area contributed by atoms with Gasteiger partial charge in [0, 0.05) is 5.56 Å². The number of benzene rings is 2. The topological polar surface area (TPSA) is 87.6 Å². The number of nitrogens with one attached hydrogen (secondary N) is 1. The lowest BCUT2D eigenvalue weighted by molar-refractivity contribution is -0.123. The molecule has 0 radical (unpaired) electrons. The Bertz CT molecular complexity index is 899. The van der Waals surface area contributed by atoms with Crippen LogP contribution in [0.1, 0.15) is 51.0 Å². The molecule has 0 saturated heterocycles. The van der Waals surface area contributed by atoms with Crippen LogP contribution in [0.15, 0.2) is 41.5 Å². The number of hydrazone groups is 1. The van der Waals surface area contributed by atoms with Crippen LogP contribution in [0.3, 0.4) is 0 Å². The Balaban J connectivity index is 1.74. The van der Waals surface area contributed by atoms with Crippen LogP contribution in [-0.2, 0) is 4.79 Å². The zero-order valence-corrected chi connectivity index (χ0v) is 20.6. The second kappa shape index (κ2) is 15.4. The van der Waals surface area contributed by atoms with Gasteiger partial charge in [-0.15, -0.1) is 0 Å². The summed E-state index contributed by atoms with van der Waals surface area (Å²) in [6, 6.07) is 10.7. The summed E-state index contributed by atoms with van der Waals surface area (Å²) >= 11 is 0. The largest absolute Gasteiger partial charge is 0.494 e. The maximum absolute atomic E-state index is 12.1. The lowest BCUT2D eigenvalue weighted by Gasteiger charge is -2.13. The fourth-order valence-electron chi connectivity index (χ4n) is 3.29. The van der Waals surface area contributed by atoms with E-state index in [0.717, 1.165) is 12.2 Å². The Labute approximate surface area is 202 Å². The molecule has 0 atom stereocenters. The van der Waals surface area contributed by atoms with Crippen molar-refractivity contribution in [3.63, 3.8) is 0 Å². The van der Waals surface area contributed by atoms with Crippen molar-refractivity contribution in [2.24, 2.45) is 5.10 Å². The number of rotatable bonds is 16. The number of amides is 1. The Morgan fingerprint density at radius 1 is 0.824 bits per heavy atom. The van der Waals surface area contributed by atoms with E-state index in [9.17, 15) is 4.79 Å². The van der Waals surface area contributed by atoms with Crippen LogP contribution in [0.4, 0.5) is 0 Å². The van der Waals surface area contributed by atoms with Gasteiger partial charge in [0.05, 0.1) is 34.2 Å². The van der Waals surface area contributed by atoms with Crippen molar-refractivity contribution in [3.8, 4) is 28.7 Å². The number of methoxy groups -OCH3 is 3. The third-order valence-corrected chi connectivity index (χ3v) is 5.09. The molecule has 0 aromatic heterocycles. The van der Waals surface area contributed by atoms with E-state index in [0.29, 0.717) is 35.2 Å². The molecule has 0 aliphatic rings. The van der Waals surface area contributed by atoms with Gasteiger partial charge in [-0.3, -0.25) is 4.79 Å². The van der Waals surface area contributed by atoms with Crippen molar-refractivity contribution in [3.05, 3.63) is 42.0 Å². The highest BCUT2D eigenvalue weighted by atomic mass is 16.5. The molecule has 0 fully saturated rings. The van der Waals surface area contributed by atoms with E-state index in [1.54, 1.807) is 31.4 Å². The normalized spacial score (nSPS) is 10.7. The van der Waals surface area contributed by atoms with E-state index in [2.05, 4.69) is 17.5 Å². The molecule has 0 unspecified atom stereocenters. The SMILES string of the molecule is CCCCCCCCOc1ccc(OCC(=O)NN=Cc2ccc(OC)c(OC)c2OC)cc1. The number of carbonyl (C=O) groups excluding carboxylic acids is 1. The number of carbonyl (C=O) groups is 1. The van der Waals surface area contributed by atoms with Gasteiger partial charge >= 0.3 is 0 Å². The van der Waals surface area contributed by atoms with Crippen LogP contribution in [0.25, 0.3) is 0 Å². The van der Waals surface area contributed by atoms with Gasteiger partial charge in [-0.1, -0.05) is 39.0 Å². The van der Waals surface area contributed by atoms with E-state index in [-0.39, 0.29) is 12.5 Å². The summed E-state index contributed by atoms with van der Waals surface area (Å²) in [5, 5.41) is 3.97. The Hall–Kier alpha value is -3.42. The molecule has 2 aromatic rings. The van der Waals surface area contributed by atoms with Crippen LogP contribution >= 0.6 is 0 Å². The highest BCUT2D eigenvalue weighted by Crippen LogP contribution is 2.38. The molecular formula is C26H36N2O6. The standard InChI is InChI=1S/C26H36N2O6/c1-5-6-7-8-9-10-17-33-21-12-14-22(15-13-21)34-19-24(29)28-27-18-20-11-16-23(30-2)26(32-4)25(20)31-3/h11-16,18H,5-10,17,19H2,1-4H3,(H,28,29). The van der Waals surface area contributed by atoms with Crippen molar-refractivity contribution < 1.29 is 28.5 Å². The highest BCUT2D eigenvalue weighted by Gasteiger charge is 2.14. The Kier molecular flexibility index (Phi) is 12.2. The minimum atomic E-state index is -0.390. The molecule has 0 saturated carbocycles. The van der Waals surface area contributed by atoms with Gasteiger partial charge in [0.2, 0.25) is 5.75 Å². The molecule has 2 rings (SSSR count). The number of hydrogen-bond acceptors (Lipinski definition) is 7. The van der Waals surface area contributed by atoms with Gasteiger partial charge in [-0.05, 0) is 42.8 Å². The second-order valence-corrected chi connectivity index (χ2v) is 7.59. The predicted molar refractivity (Wildman–Crippen MR) is 133 cm³/mol. The van der Waals surface area contributed by atoms with Gasteiger partial charge in [0.1, 0.15) is 11.5 Å². The fourth-order valence-corrected chi connectivity index (χ4v) is 3.29. The average molecular weight is 473 g/mol. The summed E-state index contributed by atoms with van der Waals surface area (Å²) < 4.78 is 27.3. The lowest BCUT2D eigenvalue weighted by Crippen LogP contribution is -2.24. The third kappa shape index (κ3) is 8.84. The molecule has 0 aliphatic carbocycles. The highest BCUT2D eigenvalue weighted by molar-refractivity contribution is 5.87. The van der Waals surface area contributed by atoms with Gasteiger partial charge in [0.25, 0.3) is 5.91 Å². The van der Waals surface area contributed by atoms with Crippen LogP contribution in [0, 0.1) is 0 Å². The molecule has 2 aromatic carbocycles. The summed E-state index contributed by atoms with van der Waals surface area (Å²) in [5.41, 5.74) is 3.06. The molecule has 1 amide bonds. The van der Waals surface area contributed by atoms with Crippen LogP contribution in [0.5, 0.6) is 28.7 Å². The summed E-state index contributed by atoms with van der Waals surface area (Å²) in [6.45, 7) is 2.76. The van der Waals surface area contributed by atoms with Gasteiger partial charge in [-0.25, -0.2) is 5.43 Å². The molecule has 1 N–H and O–H groups in total. The Morgan fingerprint density at radius 2 is 1.47 bits per heavy atom. The van der Waals surface area contributed by atoms with E-state index >= 15 is 0 Å². The van der Waals surface area contributed by atoms with Crippen LogP contribution in [0.2, 0.25) is 0 Å². The monoisotopic (exact) mass is 472 g/mol. The number of nitrogens with zero attached hydrogens (tertiary/aromatic N) is 1. The fraction of sp³-hybridized carbons (Fsp3) is 0.462. The first-order valence-electron chi connectivity index (χ1n) is 11.6. The minimum Gasteiger partial charge on any atom is -0.494 e. The molecule has 0 spiro atoms. The molecule has 8 nitrogen and oxygen atoms in total. The first-order chi connectivity index (χ1) is 16.6. The summed E-state index contributed by atoms with van der Waals surface area (Å²) in [4.78, 5) is 12.1. The lowest BCUT2D eigenvalue weighted by atomic mass is 10.1. The number of ether oxygens (including phenoxy) is 5. The number of unbranched alkanes of at least 4 members (excludes halogenated alkanes) is 5. The van der Waals surface area contributed by atoms with Crippen molar-refractivity contribution in [1.29, 1.82) is 0 Å². The molecular weight excluding hydrogens is 436 g/mol. The quantitative estimate of drug-likeness (QED) is 0.211. The van der Waals surface area contributed by atoms with E-state index in [1.165, 1.54) is 52.5 Å². The maximum Gasteiger partial charge on any atom is 0.277 e. The van der Waals surface area contributed by atoms with Crippen molar-refractivity contribution in [2.45, 2.75) is 45.4 Å². The third-order valence-electron chi connectivity index (χ3n) is 5.09. The zero-order valence-electron chi connectivity index (χ0n) is 20.6. The van der Waals surface area contributed by atoms with Crippen LogP contribution in [-0.4, -0.2) is 46.7 Å². The van der Waals surface area contributed by atoms with Crippen molar-refractivity contribution >= 4 is 12.1 Å². The van der Waals surface area contributed by atoms with Gasteiger partial charge in [-0.2, -0.15) is 5.10 Å². The predicted octanol–water partition coefficient (Wildman–Crippen LogP) is 4.98. The second-order valence-electron chi connectivity index (χ2n) is 7.59. The molecule has 8 heteroatoms. The first-order valence-corrected chi connectivity index (χ1v) is 11.6. The molecule has 0 aliphatic heterocycles. The first kappa shape index (κ1) is 26.8. The van der Waals surface area contributed by atoms with Crippen LogP contribution < -0.4 is 29.1 Å². The Morgan fingerprint density at radius 3 is 2.12 bits per heavy atom. The maximum atomic E-state index is 12.1. The molecule has 186 valence electrons. The van der Waals surface area contributed by atoms with Gasteiger partial charge in [0.15, 0.2) is 18.1 Å². The zero-order chi connectivity index (χ0) is 24.6. The van der Waals surface area contributed by atoms with Crippen molar-refractivity contribution in [1.82, 2.24) is 5.43 Å². The van der Waals surface area contributed by atoms with Gasteiger partial charge < -0.3 is 23.7 Å². The summed E-state index contributed by atoms with van der Waals surface area (Å²) in [5.74, 6) is 2.41. The average Bonchev–Trinajstić information content (AvgIpc) is 2.87. The summed E-state index contributed by atoms with van der Waals surface area (Å²) in [7, 11) is 4.59. The summed E-state index contributed by atoms with van der Waals surface area (Å²) in [6.07, 6.45) is 8.83.